The van der Waals surface area contributed by atoms with Gasteiger partial charge in [-0.2, -0.15) is 0 Å². The van der Waals surface area contributed by atoms with Gasteiger partial charge in [0.15, 0.2) is 0 Å². The highest BCUT2D eigenvalue weighted by Gasteiger charge is 2.19. The number of sulfonamides is 1. The largest absolute Gasteiger partial charge is 0.326 e. The summed E-state index contributed by atoms with van der Waals surface area (Å²) in [5, 5.41) is 0. The zero-order valence-electron chi connectivity index (χ0n) is 11.0. The molecule has 20 heavy (non-hydrogen) atoms. The molecule has 2 aromatic rings. The van der Waals surface area contributed by atoms with Crippen LogP contribution in [-0.2, 0) is 16.6 Å². The van der Waals surface area contributed by atoms with Crippen LogP contribution in [0.25, 0.3) is 0 Å². The van der Waals surface area contributed by atoms with Crippen LogP contribution in [-0.4, -0.2) is 13.4 Å². The molecule has 2 rings (SSSR count). The maximum atomic E-state index is 12.3. The molecule has 0 amide bonds. The minimum absolute atomic E-state index is 0.248. The summed E-state index contributed by atoms with van der Waals surface area (Å²) in [5.74, 6) is 0.297. The average Bonchev–Trinajstić information content (AvgIpc) is 2.76. The van der Waals surface area contributed by atoms with E-state index in [1.807, 2.05) is 13.8 Å². The Hall–Kier alpha value is -0.960. The number of pyridine rings is 1. The van der Waals surface area contributed by atoms with Gasteiger partial charge in [0, 0.05) is 22.1 Å². The summed E-state index contributed by atoms with van der Waals surface area (Å²) in [5.41, 5.74) is 7.37. The molecule has 0 aliphatic heterocycles. The van der Waals surface area contributed by atoms with E-state index in [0.717, 1.165) is 20.5 Å². The predicted molar refractivity (Wildman–Crippen MR) is 84.4 cm³/mol. The van der Waals surface area contributed by atoms with Crippen LogP contribution in [0.2, 0.25) is 0 Å². The Morgan fingerprint density at radius 1 is 1.35 bits per heavy atom. The van der Waals surface area contributed by atoms with Crippen molar-refractivity contribution in [3.63, 3.8) is 0 Å². The first-order valence-electron chi connectivity index (χ1n) is 5.78. The van der Waals surface area contributed by atoms with Crippen molar-refractivity contribution in [1.82, 2.24) is 4.98 Å². The van der Waals surface area contributed by atoms with E-state index in [1.165, 1.54) is 11.3 Å². The lowest BCUT2D eigenvalue weighted by Crippen LogP contribution is -2.12. The van der Waals surface area contributed by atoms with Crippen molar-refractivity contribution in [2.45, 2.75) is 24.6 Å². The lowest BCUT2D eigenvalue weighted by molar-refractivity contribution is 0.603. The molecule has 0 radical (unpaired) electrons. The molecule has 0 saturated heterocycles. The standard InChI is InChI=1S/C12H14BrN3O2S2/c1-7-3-11(15-6-9(7)13)16-20(17,18)12-4-8(2)10(5-14)19-12/h3-4,6H,5,14H2,1-2H3,(H,15,16). The Morgan fingerprint density at radius 2 is 2.05 bits per heavy atom. The first-order valence-corrected chi connectivity index (χ1v) is 8.87. The Labute approximate surface area is 130 Å². The molecule has 0 fully saturated rings. The minimum Gasteiger partial charge on any atom is -0.326 e. The predicted octanol–water partition coefficient (Wildman–Crippen LogP) is 2.78. The second-order valence-corrected chi connectivity index (χ2v) is 8.20. The molecule has 0 atom stereocenters. The van der Waals surface area contributed by atoms with Crippen LogP contribution in [0, 0.1) is 13.8 Å². The molecule has 2 aromatic heterocycles. The van der Waals surface area contributed by atoms with Gasteiger partial charge in [-0.05, 0) is 53.0 Å². The summed E-state index contributed by atoms with van der Waals surface area (Å²) in [6.45, 7) is 4.05. The van der Waals surface area contributed by atoms with E-state index in [2.05, 4.69) is 25.6 Å². The Bertz CT molecular complexity index is 741. The smallest absolute Gasteiger partial charge is 0.272 e. The van der Waals surface area contributed by atoms with Gasteiger partial charge in [-0.1, -0.05) is 0 Å². The number of aryl methyl sites for hydroxylation is 2. The summed E-state index contributed by atoms with van der Waals surface area (Å²) < 4.78 is 28.1. The lowest BCUT2D eigenvalue weighted by atomic mass is 10.3. The van der Waals surface area contributed by atoms with Crippen molar-refractivity contribution in [2.75, 3.05) is 4.72 Å². The normalized spacial score (nSPS) is 11.6. The molecule has 3 N–H and O–H groups in total. The second kappa shape index (κ2) is 5.80. The first kappa shape index (κ1) is 15.4. The number of nitrogens with zero attached hydrogens (tertiary/aromatic N) is 1. The fourth-order valence-electron chi connectivity index (χ4n) is 1.61. The number of nitrogens with two attached hydrogens (primary N) is 1. The number of hydrogen-bond donors (Lipinski definition) is 2. The van der Waals surface area contributed by atoms with Gasteiger partial charge in [-0.25, -0.2) is 13.4 Å². The number of thiophene rings is 1. The second-order valence-electron chi connectivity index (χ2n) is 4.30. The van der Waals surface area contributed by atoms with E-state index in [9.17, 15) is 8.42 Å². The minimum atomic E-state index is -3.62. The van der Waals surface area contributed by atoms with Crippen molar-refractivity contribution in [3.8, 4) is 0 Å². The molecule has 0 unspecified atom stereocenters. The van der Waals surface area contributed by atoms with Crippen LogP contribution in [0.5, 0.6) is 0 Å². The van der Waals surface area contributed by atoms with Gasteiger partial charge in [0.25, 0.3) is 10.0 Å². The van der Waals surface area contributed by atoms with Gasteiger partial charge in [0.05, 0.1) is 0 Å². The number of aromatic nitrogens is 1. The van der Waals surface area contributed by atoms with E-state index in [-0.39, 0.29) is 4.21 Å². The fourth-order valence-corrected chi connectivity index (χ4v) is 4.29. The summed E-state index contributed by atoms with van der Waals surface area (Å²) >= 11 is 4.51. The highest BCUT2D eigenvalue weighted by Crippen LogP contribution is 2.27. The third kappa shape index (κ3) is 3.20. The van der Waals surface area contributed by atoms with Crippen molar-refractivity contribution < 1.29 is 8.42 Å². The Kier molecular flexibility index (Phi) is 4.48. The quantitative estimate of drug-likeness (QED) is 0.859. The van der Waals surface area contributed by atoms with E-state index in [1.54, 1.807) is 18.3 Å². The van der Waals surface area contributed by atoms with Crippen LogP contribution < -0.4 is 10.5 Å². The summed E-state index contributed by atoms with van der Waals surface area (Å²) in [4.78, 5) is 4.91. The molecule has 0 aromatic carbocycles. The van der Waals surface area contributed by atoms with Gasteiger partial charge in [0.2, 0.25) is 0 Å². The Balaban J connectivity index is 2.32. The summed E-state index contributed by atoms with van der Waals surface area (Å²) in [6.07, 6.45) is 1.57. The summed E-state index contributed by atoms with van der Waals surface area (Å²) in [7, 11) is -3.62. The lowest BCUT2D eigenvalue weighted by Gasteiger charge is -2.06. The van der Waals surface area contributed by atoms with Crippen molar-refractivity contribution >= 4 is 43.1 Å². The molecule has 108 valence electrons. The van der Waals surface area contributed by atoms with Crippen LogP contribution in [0.15, 0.2) is 27.0 Å². The molecular weight excluding hydrogens is 362 g/mol. The highest BCUT2D eigenvalue weighted by molar-refractivity contribution is 9.10. The topological polar surface area (TPSA) is 85.1 Å². The number of hydrogen-bond acceptors (Lipinski definition) is 5. The van der Waals surface area contributed by atoms with Gasteiger partial charge in [-0.15, -0.1) is 11.3 Å². The fraction of sp³-hybridized carbons (Fsp3) is 0.250. The van der Waals surface area contributed by atoms with Gasteiger partial charge in [0.1, 0.15) is 10.0 Å². The Morgan fingerprint density at radius 3 is 2.60 bits per heavy atom. The number of rotatable bonds is 4. The van der Waals surface area contributed by atoms with Crippen LogP contribution in [0.3, 0.4) is 0 Å². The highest BCUT2D eigenvalue weighted by atomic mass is 79.9. The van der Waals surface area contributed by atoms with E-state index in [4.69, 9.17) is 5.73 Å². The van der Waals surface area contributed by atoms with Gasteiger partial charge in [-0.3, -0.25) is 4.72 Å². The SMILES string of the molecule is Cc1cc(NS(=O)(=O)c2cc(C)c(CN)s2)ncc1Br. The van der Waals surface area contributed by atoms with Gasteiger partial charge < -0.3 is 5.73 Å². The molecule has 0 saturated carbocycles. The molecule has 0 spiro atoms. The molecule has 2 heterocycles. The number of anilines is 1. The zero-order valence-corrected chi connectivity index (χ0v) is 14.2. The van der Waals surface area contributed by atoms with E-state index in [0.29, 0.717) is 12.4 Å². The van der Waals surface area contributed by atoms with Crippen LogP contribution >= 0.6 is 27.3 Å². The van der Waals surface area contributed by atoms with Crippen molar-refractivity contribution in [2.24, 2.45) is 5.73 Å². The first-order chi connectivity index (χ1) is 9.33. The maximum Gasteiger partial charge on any atom is 0.272 e. The maximum absolute atomic E-state index is 12.3. The third-order valence-electron chi connectivity index (χ3n) is 2.73. The monoisotopic (exact) mass is 375 g/mol. The molecule has 0 bridgehead atoms. The van der Waals surface area contributed by atoms with Gasteiger partial charge >= 0.3 is 0 Å². The molecule has 5 nitrogen and oxygen atoms in total. The third-order valence-corrected chi connectivity index (χ3v) is 6.65. The van der Waals surface area contributed by atoms with Crippen LogP contribution in [0.1, 0.15) is 16.0 Å². The number of nitrogens with one attached hydrogen (secondary N) is 1. The molecule has 0 aliphatic rings. The zero-order chi connectivity index (χ0) is 14.9. The molecule has 0 aliphatic carbocycles. The molecular formula is C12H14BrN3O2S2. The number of halogens is 1. The van der Waals surface area contributed by atoms with Crippen molar-refractivity contribution in [3.05, 3.63) is 38.8 Å². The van der Waals surface area contributed by atoms with Crippen molar-refractivity contribution in [1.29, 1.82) is 0 Å². The van der Waals surface area contributed by atoms with Crippen LogP contribution in [0.4, 0.5) is 5.82 Å². The van der Waals surface area contributed by atoms with E-state index >= 15 is 0 Å². The molecule has 8 heteroatoms. The average molecular weight is 376 g/mol. The summed E-state index contributed by atoms with van der Waals surface area (Å²) in [6, 6.07) is 3.30. The van der Waals surface area contributed by atoms with E-state index < -0.39 is 10.0 Å².